The quantitative estimate of drug-likeness (QED) is 0.119. The molecule has 2 aromatic heterocycles. The van der Waals surface area contributed by atoms with Crippen molar-refractivity contribution in [3.8, 4) is 78.0 Å². The molecule has 0 aliphatic rings. The third-order valence-electron chi connectivity index (χ3n) is 12.1. The van der Waals surface area contributed by atoms with E-state index in [-0.39, 0.29) is 0 Å². The summed E-state index contributed by atoms with van der Waals surface area (Å²) in [5.74, 6) is 1.88. The number of hydrogen-bond acceptors (Lipinski definition) is 4. The third-order valence-corrected chi connectivity index (χ3v) is 13.3. The summed E-state index contributed by atoms with van der Waals surface area (Å²) in [6.45, 7) is 0. The largest absolute Gasteiger partial charge is 0.208 e. The topological polar surface area (TPSA) is 38.7 Å². The highest BCUT2D eigenvalue weighted by molar-refractivity contribution is 7.22. The summed E-state index contributed by atoms with van der Waals surface area (Å²) in [5, 5.41) is 8.73. The highest BCUT2D eigenvalue weighted by atomic mass is 32.1. The molecule has 0 fully saturated rings. The smallest absolute Gasteiger partial charge is 0.164 e. The van der Waals surface area contributed by atoms with Crippen LogP contribution in [0.1, 0.15) is 0 Å². The fraction of sp³-hybridized carbons (Fsp3) is 0. The molecule has 0 bridgehead atoms. The highest BCUT2D eigenvalue weighted by Crippen LogP contribution is 2.41. The van der Waals surface area contributed by atoms with Gasteiger partial charge in [0.25, 0.3) is 0 Å². The van der Waals surface area contributed by atoms with Gasteiger partial charge in [-0.25, -0.2) is 15.0 Å². The lowest BCUT2D eigenvalue weighted by Gasteiger charge is -2.15. The summed E-state index contributed by atoms with van der Waals surface area (Å²) in [4.78, 5) is 17.0. The van der Waals surface area contributed by atoms with E-state index in [0.717, 1.165) is 44.5 Å². The molecule has 0 aliphatic heterocycles. The molecule has 0 aliphatic carbocycles. The van der Waals surface area contributed by atoms with Gasteiger partial charge in [-0.05, 0) is 113 Å². The number of aromatic nitrogens is 3. The van der Waals surface area contributed by atoms with Gasteiger partial charge in [0.2, 0.25) is 0 Å². The third kappa shape index (κ3) is 6.74. The minimum absolute atomic E-state index is 0.620. The number of rotatable bonds is 7. The molecule has 12 rings (SSSR count). The van der Waals surface area contributed by atoms with Gasteiger partial charge in [-0.1, -0.05) is 188 Å². The maximum Gasteiger partial charge on any atom is 0.164 e. The predicted molar refractivity (Wildman–Crippen MR) is 266 cm³/mol. The van der Waals surface area contributed by atoms with Crippen LogP contribution >= 0.6 is 11.3 Å². The first kappa shape index (κ1) is 36.8. The Bertz CT molecular complexity index is 3670. The Kier molecular flexibility index (Phi) is 9.02. The molecule has 4 heteroatoms. The first-order valence-electron chi connectivity index (χ1n) is 21.2. The second-order valence-corrected chi connectivity index (χ2v) is 17.0. The first-order chi connectivity index (χ1) is 31.2. The number of thiophene rings is 1. The van der Waals surface area contributed by atoms with Gasteiger partial charge in [0.05, 0.1) is 0 Å². The molecule has 0 radical (unpaired) electrons. The minimum atomic E-state index is 0.620. The second-order valence-electron chi connectivity index (χ2n) is 16.0. The number of nitrogens with zero attached hydrogens (tertiary/aromatic N) is 3. The van der Waals surface area contributed by atoms with Crippen LogP contribution in [0.2, 0.25) is 0 Å². The average molecular weight is 820 g/mol. The molecule has 0 saturated carbocycles. The van der Waals surface area contributed by atoms with Crippen molar-refractivity contribution in [1.82, 2.24) is 15.0 Å². The van der Waals surface area contributed by atoms with Gasteiger partial charge in [0.15, 0.2) is 17.5 Å². The second kappa shape index (κ2) is 15.4. The molecule has 0 spiro atoms. The van der Waals surface area contributed by atoms with Crippen LogP contribution in [-0.4, -0.2) is 15.0 Å². The first-order valence-corrected chi connectivity index (χ1v) is 22.1. The van der Waals surface area contributed by atoms with Crippen LogP contribution in [-0.2, 0) is 0 Å². The van der Waals surface area contributed by atoms with Crippen molar-refractivity contribution >= 4 is 53.7 Å². The number of hydrogen-bond donors (Lipinski definition) is 0. The molecule has 3 nitrogen and oxygen atoms in total. The normalized spacial score (nSPS) is 11.5. The highest BCUT2D eigenvalue weighted by Gasteiger charge is 2.18. The molecule has 0 amide bonds. The van der Waals surface area contributed by atoms with Crippen molar-refractivity contribution in [2.75, 3.05) is 0 Å². The van der Waals surface area contributed by atoms with Crippen molar-refractivity contribution in [1.29, 1.82) is 0 Å². The lowest BCUT2D eigenvalue weighted by molar-refractivity contribution is 1.07. The van der Waals surface area contributed by atoms with E-state index in [0.29, 0.717) is 17.5 Å². The lowest BCUT2D eigenvalue weighted by atomic mass is 9.89. The number of benzene rings is 10. The van der Waals surface area contributed by atoms with Gasteiger partial charge in [-0.3, -0.25) is 0 Å². The maximum absolute atomic E-state index is 5.27. The van der Waals surface area contributed by atoms with Crippen LogP contribution in [0.4, 0.5) is 0 Å². The van der Waals surface area contributed by atoms with Crippen molar-refractivity contribution in [3.05, 3.63) is 224 Å². The van der Waals surface area contributed by atoms with E-state index < -0.39 is 0 Å². The van der Waals surface area contributed by atoms with Crippen LogP contribution in [0, 0.1) is 0 Å². The van der Waals surface area contributed by atoms with E-state index >= 15 is 0 Å². The van der Waals surface area contributed by atoms with Crippen LogP contribution in [0.15, 0.2) is 224 Å². The summed E-state index contributed by atoms with van der Waals surface area (Å²) in [7, 11) is 0. The van der Waals surface area contributed by atoms with Crippen LogP contribution in [0.25, 0.3) is 120 Å². The molecule has 2 heterocycles. The van der Waals surface area contributed by atoms with Crippen molar-refractivity contribution in [3.63, 3.8) is 0 Å². The van der Waals surface area contributed by atoms with Crippen LogP contribution in [0.3, 0.4) is 0 Å². The van der Waals surface area contributed by atoms with Crippen molar-refractivity contribution in [2.24, 2.45) is 0 Å². The van der Waals surface area contributed by atoms with Gasteiger partial charge in [-0.15, -0.1) is 11.3 Å². The molecular formula is C59H37N3S. The van der Waals surface area contributed by atoms with E-state index in [1.807, 2.05) is 6.07 Å². The zero-order valence-electron chi connectivity index (χ0n) is 34.1. The molecular weight excluding hydrogens is 783 g/mol. The van der Waals surface area contributed by atoms with E-state index in [4.69, 9.17) is 15.0 Å². The zero-order chi connectivity index (χ0) is 41.7. The molecule has 63 heavy (non-hydrogen) atoms. The molecule has 0 atom stereocenters. The Balaban J connectivity index is 1.00. The summed E-state index contributed by atoms with van der Waals surface area (Å²) in [6.07, 6.45) is 0. The van der Waals surface area contributed by atoms with E-state index in [9.17, 15) is 0 Å². The van der Waals surface area contributed by atoms with Gasteiger partial charge in [-0.2, -0.15) is 0 Å². The number of fused-ring (bicyclic) bond motifs is 5. The molecule has 0 unspecified atom stereocenters. The van der Waals surface area contributed by atoms with Crippen LogP contribution < -0.4 is 0 Å². The summed E-state index contributed by atoms with van der Waals surface area (Å²) < 4.78 is 1.27. The van der Waals surface area contributed by atoms with E-state index in [2.05, 4.69) is 218 Å². The molecule has 10 aromatic carbocycles. The fourth-order valence-corrected chi connectivity index (χ4v) is 10.1. The summed E-state index contributed by atoms with van der Waals surface area (Å²) >= 11 is 1.80. The maximum atomic E-state index is 5.27. The van der Waals surface area contributed by atoms with Gasteiger partial charge >= 0.3 is 0 Å². The standard InChI is InChI=1S/C59H37N3S/c1-2-15-38(16-3-1)48-26-9-10-29-52(48)59-61-57(60-58(62-59)47-25-14-22-43(35-47)55-37-44-19-6-11-30-54(44)63-55)46-24-13-21-41(34-46)40-20-12-23-45(33-40)56-50-28-8-5-18-42(50)36-53-49-27-7-4-17-39(49)31-32-51(53)56/h1-37H. The monoisotopic (exact) mass is 819 g/mol. The van der Waals surface area contributed by atoms with Gasteiger partial charge in [0, 0.05) is 26.3 Å². The summed E-state index contributed by atoms with van der Waals surface area (Å²) in [6, 6.07) is 80.1. The SMILES string of the molecule is c1ccc(-c2ccccc2-c2nc(-c3cccc(-c4cccc(-c5c6ccccc6cc6c5ccc5ccccc56)c4)c3)nc(-c3cccc(-c4cc5ccccc5s4)c3)n2)cc1. The van der Waals surface area contributed by atoms with E-state index in [1.165, 1.54) is 58.4 Å². The lowest BCUT2D eigenvalue weighted by Crippen LogP contribution is -2.01. The predicted octanol–water partition coefficient (Wildman–Crippen LogP) is 16.2. The Morgan fingerprint density at radius 3 is 1.57 bits per heavy atom. The van der Waals surface area contributed by atoms with Crippen molar-refractivity contribution < 1.29 is 0 Å². The minimum Gasteiger partial charge on any atom is -0.208 e. The molecule has 12 aromatic rings. The average Bonchev–Trinajstić information content (AvgIpc) is 3.81. The van der Waals surface area contributed by atoms with Crippen LogP contribution in [0.5, 0.6) is 0 Å². The van der Waals surface area contributed by atoms with E-state index in [1.54, 1.807) is 11.3 Å². The molecule has 294 valence electrons. The Labute approximate surface area is 369 Å². The Hall–Kier alpha value is -8.05. The molecule has 0 N–H and O–H groups in total. The summed E-state index contributed by atoms with van der Waals surface area (Å²) in [5.41, 5.74) is 10.7. The zero-order valence-corrected chi connectivity index (χ0v) is 34.9. The van der Waals surface area contributed by atoms with Crippen molar-refractivity contribution in [2.45, 2.75) is 0 Å². The van der Waals surface area contributed by atoms with Gasteiger partial charge < -0.3 is 0 Å². The Morgan fingerprint density at radius 2 is 0.810 bits per heavy atom. The van der Waals surface area contributed by atoms with Gasteiger partial charge in [0.1, 0.15) is 0 Å². The molecule has 0 saturated heterocycles. The Morgan fingerprint density at radius 1 is 0.270 bits per heavy atom. The fourth-order valence-electron chi connectivity index (χ4n) is 9.06.